The lowest BCUT2D eigenvalue weighted by Gasteiger charge is -2.34. The molecule has 1 fully saturated rings. The molecule has 4 aromatic heterocycles. The Kier molecular flexibility index (Phi) is 7.96. The molecule has 10 nitrogen and oxygen atoms in total. The van der Waals surface area contributed by atoms with Crippen LogP contribution in [0.25, 0.3) is 28.1 Å². The zero-order valence-electron chi connectivity index (χ0n) is 25.1. The molecule has 0 N–H and O–H groups in total. The van der Waals surface area contributed by atoms with Gasteiger partial charge in [-0.2, -0.15) is 0 Å². The van der Waals surface area contributed by atoms with E-state index in [-0.39, 0.29) is 23.6 Å². The van der Waals surface area contributed by atoms with E-state index in [9.17, 15) is 4.79 Å². The van der Waals surface area contributed by atoms with Crippen molar-refractivity contribution < 1.29 is 23.4 Å². The van der Waals surface area contributed by atoms with E-state index in [1.165, 1.54) is 0 Å². The van der Waals surface area contributed by atoms with E-state index in [0.29, 0.717) is 30.3 Å². The quantitative estimate of drug-likeness (QED) is 0.213. The smallest absolute Gasteiger partial charge is 0.306 e. The second-order valence-electron chi connectivity index (χ2n) is 12.7. The highest BCUT2D eigenvalue weighted by Gasteiger charge is 2.34. The van der Waals surface area contributed by atoms with Gasteiger partial charge in [0.15, 0.2) is 11.4 Å². The molecular weight excluding hydrogens is 522 g/mol. The number of nitrogens with zero attached hydrogens (tertiary/aromatic N) is 5. The number of ether oxygens (including phenoxy) is 3. The molecule has 220 valence electrons. The molecule has 0 aromatic carbocycles. The minimum atomic E-state index is -0.465. The Balaban J connectivity index is 1.30. The van der Waals surface area contributed by atoms with Gasteiger partial charge in [-0.1, -0.05) is 0 Å². The maximum atomic E-state index is 12.1. The molecule has 0 amide bonds. The second kappa shape index (κ2) is 11.3. The van der Waals surface area contributed by atoms with Crippen molar-refractivity contribution in [1.82, 2.24) is 19.6 Å². The standard InChI is InChI=1S/C31H41N5O5/c1-8-35(13-14-38-30(2,3)4)29-22-18-25(40-24(22)11-12-32-29)23-19-33-26-9-10-27(34-36(23)26)39-21-15-20(16-21)17-28(37)41-31(5,6)7/h9-12,18-21H,8,13-17H2,1-7H3. The summed E-state index contributed by atoms with van der Waals surface area (Å²) >= 11 is 0. The Morgan fingerprint density at radius 3 is 2.59 bits per heavy atom. The molecule has 4 aromatic rings. The average Bonchev–Trinajstić information content (AvgIpc) is 3.47. The van der Waals surface area contributed by atoms with Gasteiger partial charge in [0.2, 0.25) is 5.88 Å². The van der Waals surface area contributed by atoms with Gasteiger partial charge >= 0.3 is 5.97 Å². The summed E-state index contributed by atoms with van der Waals surface area (Å²) in [5.74, 6) is 2.12. The van der Waals surface area contributed by atoms with Crippen LogP contribution >= 0.6 is 0 Å². The van der Waals surface area contributed by atoms with E-state index in [2.05, 4.69) is 42.6 Å². The molecule has 0 spiro atoms. The Bertz CT molecular complexity index is 1510. The summed E-state index contributed by atoms with van der Waals surface area (Å²) in [7, 11) is 0. The van der Waals surface area contributed by atoms with E-state index in [1.807, 2.05) is 45.0 Å². The molecule has 0 atom stereocenters. The molecule has 0 unspecified atom stereocenters. The molecule has 5 rings (SSSR count). The van der Waals surface area contributed by atoms with Gasteiger partial charge in [0.25, 0.3) is 0 Å². The summed E-state index contributed by atoms with van der Waals surface area (Å²) in [4.78, 5) is 23.5. The van der Waals surface area contributed by atoms with Gasteiger partial charge in [-0.15, -0.1) is 5.10 Å². The number of aromatic nitrogens is 4. The SMILES string of the molecule is CCN(CCOC(C)(C)C)c1nccc2oc(-c3cnc4ccc(OC5CC(CC(=O)OC(C)(C)C)C5)nn34)cc12. The van der Waals surface area contributed by atoms with Crippen LogP contribution in [0, 0.1) is 5.92 Å². The molecule has 1 aliphatic rings. The van der Waals surface area contributed by atoms with Crippen molar-refractivity contribution in [2.75, 3.05) is 24.6 Å². The van der Waals surface area contributed by atoms with Crippen molar-refractivity contribution in [2.24, 2.45) is 5.92 Å². The first-order valence-electron chi connectivity index (χ1n) is 14.4. The lowest BCUT2D eigenvalue weighted by atomic mass is 9.80. The number of pyridine rings is 1. The van der Waals surface area contributed by atoms with Crippen molar-refractivity contribution in [3.8, 4) is 17.3 Å². The summed E-state index contributed by atoms with van der Waals surface area (Å²) in [5.41, 5.74) is 1.50. The number of fused-ring (bicyclic) bond motifs is 2. The summed E-state index contributed by atoms with van der Waals surface area (Å²) in [6.45, 7) is 16.0. The zero-order chi connectivity index (χ0) is 29.4. The fourth-order valence-electron chi connectivity index (χ4n) is 5.02. The molecule has 0 radical (unpaired) electrons. The number of anilines is 1. The highest BCUT2D eigenvalue weighted by atomic mass is 16.6. The lowest BCUT2D eigenvalue weighted by molar-refractivity contribution is -0.157. The largest absolute Gasteiger partial charge is 0.473 e. The lowest BCUT2D eigenvalue weighted by Crippen LogP contribution is -2.36. The maximum absolute atomic E-state index is 12.1. The van der Waals surface area contributed by atoms with Crippen LogP contribution in [-0.4, -0.2) is 62.6 Å². The number of rotatable bonds is 10. The van der Waals surface area contributed by atoms with Crippen molar-refractivity contribution in [1.29, 1.82) is 0 Å². The third-order valence-corrected chi connectivity index (χ3v) is 6.95. The molecule has 0 saturated heterocycles. The number of imidazole rings is 1. The Morgan fingerprint density at radius 1 is 1.10 bits per heavy atom. The summed E-state index contributed by atoms with van der Waals surface area (Å²) in [6, 6.07) is 7.58. The molecule has 10 heteroatoms. The third kappa shape index (κ3) is 6.98. The predicted octanol–water partition coefficient (Wildman–Crippen LogP) is 6.07. The Labute approximate surface area is 241 Å². The first kappa shape index (κ1) is 28.9. The van der Waals surface area contributed by atoms with Gasteiger partial charge in [0, 0.05) is 31.8 Å². The van der Waals surface area contributed by atoms with Crippen molar-refractivity contribution >= 4 is 28.4 Å². The normalized spacial score (nSPS) is 17.5. The number of carbonyl (C=O) groups excluding carboxylic acids is 1. The number of carbonyl (C=O) groups is 1. The number of furan rings is 1. The van der Waals surface area contributed by atoms with Gasteiger partial charge in [-0.3, -0.25) is 4.79 Å². The average molecular weight is 564 g/mol. The van der Waals surface area contributed by atoms with Crippen molar-refractivity contribution in [3.63, 3.8) is 0 Å². The third-order valence-electron chi connectivity index (χ3n) is 6.95. The molecular formula is C31H41N5O5. The maximum Gasteiger partial charge on any atom is 0.306 e. The first-order valence-corrected chi connectivity index (χ1v) is 14.4. The van der Waals surface area contributed by atoms with Gasteiger partial charge in [0.05, 0.1) is 23.8 Å². The van der Waals surface area contributed by atoms with E-state index < -0.39 is 5.60 Å². The van der Waals surface area contributed by atoms with Crippen LogP contribution < -0.4 is 9.64 Å². The van der Waals surface area contributed by atoms with Gasteiger partial charge in [0.1, 0.15) is 28.8 Å². The molecule has 4 heterocycles. The van der Waals surface area contributed by atoms with Crippen LogP contribution in [0.2, 0.25) is 0 Å². The minimum Gasteiger partial charge on any atom is -0.473 e. The Morgan fingerprint density at radius 2 is 1.88 bits per heavy atom. The first-order chi connectivity index (χ1) is 19.4. The van der Waals surface area contributed by atoms with Crippen LogP contribution in [0.15, 0.2) is 41.1 Å². The van der Waals surface area contributed by atoms with Gasteiger partial charge in [-0.05, 0) is 85.4 Å². The van der Waals surface area contributed by atoms with Crippen LogP contribution in [-0.2, 0) is 14.3 Å². The number of hydrogen-bond acceptors (Lipinski definition) is 9. The highest BCUT2D eigenvalue weighted by Crippen LogP contribution is 2.35. The monoisotopic (exact) mass is 563 g/mol. The van der Waals surface area contributed by atoms with Crippen molar-refractivity contribution in [3.05, 3.63) is 36.7 Å². The van der Waals surface area contributed by atoms with E-state index in [1.54, 1.807) is 16.9 Å². The van der Waals surface area contributed by atoms with Crippen LogP contribution in [0.4, 0.5) is 5.82 Å². The fraction of sp³-hybridized carbons (Fsp3) is 0.548. The summed E-state index contributed by atoms with van der Waals surface area (Å²) in [5, 5.41) is 5.64. The molecule has 0 aliphatic heterocycles. The van der Waals surface area contributed by atoms with Crippen molar-refractivity contribution in [2.45, 2.75) is 85.0 Å². The van der Waals surface area contributed by atoms with E-state index in [0.717, 1.165) is 48.4 Å². The topological polar surface area (TPSA) is 104 Å². The molecule has 1 aliphatic carbocycles. The molecule has 1 saturated carbocycles. The summed E-state index contributed by atoms with van der Waals surface area (Å²) < 4.78 is 25.6. The van der Waals surface area contributed by atoms with E-state index >= 15 is 0 Å². The van der Waals surface area contributed by atoms with Crippen LogP contribution in [0.1, 0.15) is 67.7 Å². The highest BCUT2D eigenvalue weighted by molar-refractivity contribution is 5.91. The molecule has 41 heavy (non-hydrogen) atoms. The minimum absolute atomic E-state index is 0.0153. The fourth-order valence-corrected chi connectivity index (χ4v) is 5.02. The van der Waals surface area contributed by atoms with Crippen LogP contribution in [0.5, 0.6) is 5.88 Å². The zero-order valence-corrected chi connectivity index (χ0v) is 25.1. The predicted molar refractivity (Wildman–Crippen MR) is 157 cm³/mol. The Hall–Kier alpha value is -3.66. The van der Waals surface area contributed by atoms with Gasteiger partial charge < -0.3 is 23.5 Å². The second-order valence-corrected chi connectivity index (χ2v) is 12.7. The number of likely N-dealkylation sites (N-methyl/N-ethyl adjacent to an activating group) is 1. The summed E-state index contributed by atoms with van der Waals surface area (Å²) in [6.07, 6.45) is 5.55. The van der Waals surface area contributed by atoms with E-state index in [4.69, 9.17) is 23.7 Å². The van der Waals surface area contributed by atoms with Gasteiger partial charge in [-0.25, -0.2) is 14.5 Å². The number of esters is 1. The molecule has 0 bridgehead atoms. The number of hydrogen-bond donors (Lipinski definition) is 0. The van der Waals surface area contributed by atoms with Crippen LogP contribution in [0.3, 0.4) is 0 Å².